The minimum Gasteiger partial charge on any atom is -0.396 e. The Morgan fingerprint density at radius 2 is 2.45 bits per heavy atom. The molecule has 0 heterocycles. The van der Waals surface area contributed by atoms with E-state index in [4.69, 9.17) is 16.7 Å². The topological polar surface area (TPSA) is 20.2 Å². The third-order valence-corrected chi connectivity index (χ3v) is 3.22. The first-order chi connectivity index (χ1) is 5.08. The largest absolute Gasteiger partial charge is 0.396 e. The van der Waals surface area contributed by atoms with Crippen molar-refractivity contribution >= 4 is 11.6 Å². The van der Waals surface area contributed by atoms with E-state index < -0.39 is 0 Å². The molecule has 11 heavy (non-hydrogen) atoms. The van der Waals surface area contributed by atoms with Crippen molar-refractivity contribution in [1.29, 1.82) is 0 Å². The predicted octanol–water partition coefficient (Wildman–Crippen LogP) is 2.33. The van der Waals surface area contributed by atoms with Gasteiger partial charge < -0.3 is 5.11 Å². The molecule has 0 aromatic heterocycles. The van der Waals surface area contributed by atoms with Gasteiger partial charge in [0.1, 0.15) is 0 Å². The van der Waals surface area contributed by atoms with Crippen LogP contribution in [0.3, 0.4) is 0 Å². The zero-order valence-corrected chi connectivity index (χ0v) is 7.86. The summed E-state index contributed by atoms with van der Waals surface area (Å²) in [6, 6.07) is 0. The standard InChI is InChI=1S/C9H15ClO/c1-7-3-4-9(2,6-11)8(10)5-7/h3,8,11H,4-6H2,1-2H3/t8-,9-/m0/s1. The fraction of sp³-hybridized carbons (Fsp3) is 0.778. The molecule has 0 radical (unpaired) electrons. The van der Waals surface area contributed by atoms with Gasteiger partial charge in [-0.3, -0.25) is 0 Å². The summed E-state index contributed by atoms with van der Waals surface area (Å²) in [5, 5.41) is 9.19. The van der Waals surface area contributed by atoms with Crippen molar-refractivity contribution in [2.75, 3.05) is 6.61 Å². The van der Waals surface area contributed by atoms with Gasteiger partial charge in [-0.15, -0.1) is 11.6 Å². The molecular formula is C9H15ClO. The highest BCUT2D eigenvalue weighted by Crippen LogP contribution is 2.38. The lowest BCUT2D eigenvalue weighted by Gasteiger charge is -2.35. The maximum absolute atomic E-state index is 9.09. The zero-order chi connectivity index (χ0) is 8.48. The maximum atomic E-state index is 9.09. The van der Waals surface area contributed by atoms with Crippen LogP contribution >= 0.6 is 11.6 Å². The molecule has 64 valence electrons. The van der Waals surface area contributed by atoms with Crippen molar-refractivity contribution in [2.45, 2.75) is 32.1 Å². The fourth-order valence-electron chi connectivity index (χ4n) is 1.31. The van der Waals surface area contributed by atoms with Crippen LogP contribution in [0.4, 0.5) is 0 Å². The Labute approximate surface area is 73.1 Å². The van der Waals surface area contributed by atoms with Gasteiger partial charge in [0.25, 0.3) is 0 Å². The van der Waals surface area contributed by atoms with Gasteiger partial charge in [0.05, 0.1) is 6.61 Å². The van der Waals surface area contributed by atoms with Crippen molar-refractivity contribution in [1.82, 2.24) is 0 Å². The lowest BCUT2D eigenvalue weighted by Crippen LogP contribution is -2.34. The van der Waals surface area contributed by atoms with Crippen LogP contribution in [0.5, 0.6) is 0 Å². The van der Waals surface area contributed by atoms with Crippen LogP contribution in [0.1, 0.15) is 26.7 Å². The summed E-state index contributed by atoms with van der Waals surface area (Å²) in [6.07, 6.45) is 4.00. The molecule has 0 saturated heterocycles. The van der Waals surface area contributed by atoms with Crippen LogP contribution in [0.15, 0.2) is 11.6 Å². The number of halogens is 1. The van der Waals surface area contributed by atoms with E-state index in [2.05, 4.69) is 13.0 Å². The highest BCUT2D eigenvalue weighted by Gasteiger charge is 2.33. The van der Waals surface area contributed by atoms with E-state index in [1.54, 1.807) is 0 Å². The van der Waals surface area contributed by atoms with Gasteiger partial charge >= 0.3 is 0 Å². The van der Waals surface area contributed by atoms with Crippen molar-refractivity contribution in [3.05, 3.63) is 11.6 Å². The molecule has 0 amide bonds. The SMILES string of the molecule is CC1=CC[C@@](C)(CO)[C@@H](Cl)C1. The fourth-order valence-corrected chi connectivity index (χ4v) is 1.71. The third-order valence-electron chi connectivity index (χ3n) is 2.54. The Hall–Kier alpha value is -0.0100. The molecule has 1 rings (SSSR count). The minimum absolute atomic E-state index is 0.0949. The zero-order valence-electron chi connectivity index (χ0n) is 7.10. The lowest BCUT2D eigenvalue weighted by atomic mass is 9.77. The smallest absolute Gasteiger partial charge is 0.0502 e. The highest BCUT2D eigenvalue weighted by atomic mass is 35.5. The second-order valence-electron chi connectivity index (χ2n) is 3.74. The van der Waals surface area contributed by atoms with Crippen LogP contribution < -0.4 is 0 Å². The molecule has 1 nitrogen and oxygen atoms in total. The molecule has 0 spiro atoms. The molecule has 0 bridgehead atoms. The summed E-state index contributed by atoms with van der Waals surface area (Å²) >= 11 is 6.12. The molecule has 0 aromatic carbocycles. The Balaban J connectivity index is 2.72. The van der Waals surface area contributed by atoms with Gasteiger partial charge in [0.15, 0.2) is 0 Å². The lowest BCUT2D eigenvalue weighted by molar-refractivity contribution is 0.134. The molecule has 0 aromatic rings. The van der Waals surface area contributed by atoms with E-state index >= 15 is 0 Å². The van der Waals surface area contributed by atoms with E-state index in [0.29, 0.717) is 0 Å². The monoisotopic (exact) mass is 174 g/mol. The van der Waals surface area contributed by atoms with Gasteiger partial charge in [0, 0.05) is 10.8 Å². The summed E-state index contributed by atoms with van der Waals surface area (Å²) < 4.78 is 0. The number of allylic oxidation sites excluding steroid dienone is 2. The Bertz CT molecular complexity index is 176. The van der Waals surface area contributed by atoms with Crippen LogP contribution in [-0.2, 0) is 0 Å². The number of hydrogen-bond acceptors (Lipinski definition) is 1. The number of aliphatic hydroxyl groups excluding tert-OH is 1. The molecule has 1 aliphatic rings. The molecule has 2 heteroatoms. The van der Waals surface area contributed by atoms with Crippen LogP contribution in [0.25, 0.3) is 0 Å². The molecule has 0 saturated carbocycles. The van der Waals surface area contributed by atoms with E-state index in [-0.39, 0.29) is 17.4 Å². The molecule has 1 N–H and O–H groups in total. The summed E-state index contributed by atoms with van der Waals surface area (Å²) in [6.45, 7) is 4.31. The molecule has 2 atom stereocenters. The number of hydrogen-bond donors (Lipinski definition) is 1. The van der Waals surface area contributed by atoms with E-state index in [0.717, 1.165) is 12.8 Å². The van der Waals surface area contributed by atoms with Gasteiger partial charge in [-0.1, -0.05) is 18.6 Å². The number of rotatable bonds is 1. The number of aliphatic hydroxyl groups is 1. The normalized spacial score (nSPS) is 38.5. The van der Waals surface area contributed by atoms with Crippen LogP contribution in [0.2, 0.25) is 0 Å². The van der Waals surface area contributed by atoms with Crippen LogP contribution in [0, 0.1) is 5.41 Å². The summed E-state index contributed by atoms with van der Waals surface area (Å²) in [7, 11) is 0. The average Bonchev–Trinajstić information content (AvgIpc) is 1.98. The highest BCUT2D eigenvalue weighted by molar-refractivity contribution is 6.21. The number of alkyl halides is 1. The summed E-state index contributed by atoms with van der Waals surface area (Å²) in [4.78, 5) is 0. The Morgan fingerprint density at radius 1 is 1.82 bits per heavy atom. The molecule has 1 aliphatic carbocycles. The van der Waals surface area contributed by atoms with Crippen molar-refractivity contribution in [3.63, 3.8) is 0 Å². The quantitative estimate of drug-likeness (QED) is 0.478. The molecule has 0 unspecified atom stereocenters. The van der Waals surface area contributed by atoms with Crippen LogP contribution in [-0.4, -0.2) is 17.1 Å². The summed E-state index contributed by atoms with van der Waals surface area (Å²) in [5.74, 6) is 0. The third kappa shape index (κ3) is 1.77. The second kappa shape index (κ2) is 3.16. The summed E-state index contributed by atoms with van der Waals surface area (Å²) in [5.41, 5.74) is 1.25. The molecule has 0 aliphatic heterocycles. The van der Waals surface area contributed by atoms with Gasteiger partial charge in [-0.25, -0.2) is 0 Å². The van der Waals surface area contributed by atoms with E-state index in [1.807, 2.05) is 6.92 Å². The molecular weight excluding hydrogens is 160 g/mol. The van der Waals surface area contributed by atoms with Gasteiger partial charge in [0.2, 0.25) is 0 Å². The first kappa shape index (κ1) is 9.08. The molecule has 0 fully saturated rings. The van der Waals surface area contributed by atoms with Crippen molar-refractivity contribution in [3.8, 4) is 0 Å². The van der Waals surface area contributed by atoms with E-state index in [9.17, 15) is 0 Å². The maximum Gasteiger partial charge on any atom is 0.0502 e. The minimum atomic E-state index is -0.0962. The average molecular weight is 175 g/mol. The van der Waals surface area contributed by atoms with Gasteiger partial charge in [-0.2, -0.15) is 0 Å². The first-order valence-corrected chi connectivity index (χ1v) is 4.43. The Kier molecular flexibility index (Phi) is 2.61. The second-order valence-corrected chi connectivity index (χ2v) is 4.27. The predicted molar refractivity (Wildman–Crippen MR) is 47.8 cm³/mol. The van der Waals surface area contributed by atoms with Gasteiger partial charge in [-0.05, 0) is 19.8 Å². The van der Waals surface area contributed by atoms with Crippen molar-refractivity contribution < 1.29 is 5.11 Å². The van der Waals surface area contributed by atoms with Crippen molar-refractivity contribution in [2.24, 2.45) is 5.41 Å². The first-order valence-electron chi connectivity index (χ1n) is 3.99. The van der Waals surface area contributed by atoms with E-state index in [1.165, 1.54) is 5.57 Å². The Morgan fingerprint density at radius 3 is 2.91 bits per heavy atom.